The van der Waals surface area contributed by atoms with Crippen LogP contribution >= 0.6 is 0 Å². The van der Waals surface area contributed by atoms with Gasteiger partial charge in [0.2, 0.25) is 0 Å². The Hall–Kier alpha value is -1.24. The van der Waals surface area contributed by atoms with Gasteiger partial charge in [0.1, 0.15) is 0 Å². The SMILES string of the molecule is CC1=C(C)C(C)[C]([Zr]([CH]2C=C(c3ccccc3)c3c(C)cccc32)=[Si](C)C)=C1C. The molecule has 0 nitrogen and oxygen atoms in total. The van der Waals surface area contributed by atoms with Gasteiger partial charge in [-0.3, -0.25) is 0 Å². The van der Waals surface area contributed by atoms with Gasteiger partial charge in [0.25, 0.3) is 0 Å². The zero-order valence-electron chi connectivity index (χ0n) is 18.9. The second-order valence-corrected chi connectivity index (χ2v) is 26.4. The summed E-state index contributed by atoms with van der Waals surface area (Å²) >= 11 is -1.91. The minimum atomic E-state index is -1.91. The molecule has 2 atom stereocenters. The van der Waals surface area contributed by atoms with E-state index in [1.165, 1.54) is 22.3 Å². The van der Waals surface area contributed by atoms with Gasteiger partial charge in [-0.25, -0.2) is 0 Å². The monoisotopic (exact) mass is 474 g/mol. The van der Waals surface area contributed by atoms with Crippen molar-refractivity contribution < 1.29 is 20.4 Å². The summed E-state index contributed by atoms with van der Waals surface area (Å²) in [5.74, 6) is 0.659. The molecule has 0 radical (unpaired) electrons. The van der Waals surface area contributed by atoms with E-state index in [9.17, 15) is 0 Å². The Morgan fingerprint density at radius 2 is 1.52 bits per heavy atom. The molecule has 0 fully saturated rings. The van der Waals surface area contributed by atoms with Crippen LogP contribution in [0, 0.1) is 12.8 Å². The molecule has 0 N–H and O–H groups in total. The van der Waals surface area contributed by atoms with Crippen molar-refractivity contribution in [3.8, 4) is 0 Å². The number of allylic oxidation sites excluding steroid dienone is 5. The van der Waals surface area contributed by atoms with Crippen molar-refractivity contribution in [1.29, 1.82) is 0 Å². The third kappa shape index (κ3) is 3.47. The van der Waals surface area contributed by atoms with Gasteiger partial charge in [-0.2, -0.15) is 0 Å². The first kappa shape index (κ1) is 21.0. The van der Waals surface area contributed by atoms with Crippen LogP contribution in [0.1, 0.15) is 53.6 Å². The standard InChI is InChI=1S/C16H13.C9H13.C2H6Si.Zr/c1-12-6-5-9-14-10-11-15(16(12)14)13-7-3-2-4-8-13;1-6-5-7(2)9(4)8(6)3;1-3-2;/h2-11H,1H3;6H,1-4H3;1-2H3;. The van der Waals surface area contributed by atoms with E-state index in [0.717, 1.165) is 0 Å². The summed E-state index contributed by atoms with van der Waals surface area (Å²) in [6.07, 6.45) is 2.69. The van der Waals surface area contributed by atoms with Crippen LogP contribution in [0.4, 0.5) is 0 Å². The van der Waals surface area contributed by atoms with E-state index < -0.39 is 20.4 Å². The summed E-state index contributed by atoms with van der Waals surface area (Å²) in [6.45, 7) is 17.1. The third-order valence-corrected chi connectivity index (χ3v) is 25.7. The molecule has 4 rings (SSSR count). The van der Waals surface area contributed by atoms with E-state index in [1.807, 2.05) is 3.28 Å². The zero-order valence-corrected chi connectivity index (χ0v) is 22.3. The molecule has 0 amide bonds. The molecule has 2 aliphatic carbocycles. The summed E-state index contributed by atoms with van der Waals surface area (Å²) < 4.78 is 2.59. The molecular weight excluding hydrogens is 444 g/mol. The summed E-state index contributed by atoms with van der Waals surface area (Å²) in [7, 11) is 0. The van der Waals surface area contributed by atoms with Gasteiger partial charge in [-0.15, -0.1) is 0 Å². The summed E-state index contributed by atoms with van der Waals surface area (Å²) in [5.41, 5.74) is 11.9. The molecule has 2 aliphatic rings. The molecule has 0 aromatic heterocycles. The van der Waals surface area contributed by atoms with E-state index >= 15 is 0 Å². The fourth-order valence-electron chi connectivity index (χ4n) is 5.30. The van der Waals surface area contributed by atoms with Crippen molar-refractivity contribution in [1.82, 2.24) is 0 Å². The van der Waals surface area contributed by atoms with Crippen LogP contribution in [0.2, 0.25) is 13.1 Å². The Balaban J connectivity index is 1.94. The fraction of sp³-hybridized carbons (Fsp3) is 0.333. The molecule has 0 saturated heterocycles. The van der Waals surface area contributed by atoms with E-state index in [4.69, 9.17) is 0 Å². The average Bonchev–Trinajstić information content (AvgIpc) is 3.18. The normalized spacial score (nSPS) is 20.9. The molecule has 2 aromatic rings. The van der Waals surface area contributed by atoms with Gasteiger partial charge in [0.15, 0.2) is 0 Å². The van der Waals surface area contributed by atoms with Gasteiger partial charge in [0.05, 0.1) is 0 Å². The molecule has 0 aliphatic heterocycles. The Morgan fingerprint density at radius 1 is 0.828 bits per heavy atom. The minimum absolute atomic E-state index is 0.342. The zero-order chi connectivity index (χ0) is 20.9. The summed E-state index contributed by atoms with van der Waals surface area (Å²) in [4.78, 5) is 0. The molecule has 29 heavy (non-hydrogen) atoms. The number of hydrogen-bond acceptors (Lipinski definition) is 0. The number of aryl methyl sites for hydroxylation is 1. The first-order valence-electron chi connectivity index (χ1n) is 10.8. The van der Waals surface area contributed by atoms with E-state index in [-0.39, 0.29) is 5.43 Å². The molecule has 0 saturated carbocycles. The first-order chi connectivity index (χ1) is 13.8. The van der Waals surface area contributed by atoms with Gasteiger partial charge in [-0.05, 0) is 0 Å². The van der Waals surface area contributed by atoms with Crippen LogP contribution in [0.3, 0.4) is 0 Å². The predicted molar refractivity (Wildman–Crippen MR) is 125 cm³/mol. The number of rotatable bonds is 3. The Kier molecular flexibility index (Phi) is 5.88. The van der Waals surface area contributed by atoms with E-state index in [2.05, 4.69) is 102 Å². The van der Waals surface area contributed by atoms with Crippen molar-refractivity contribution in [2.45, 2.75) is 51.3 Å². The molecule has 0 bridgehead atoms. The molecular formula is C27H32SiZr. The quantitative estimate of drug-likeness (QED) is 0.401. The first-order valence-corrected chi connectivity index (χ1v) is 19.6. The van der Waals surface area contributed by atoms with Crippen molar-refractivity contribution in [3.05, 3.63) is 96.9 Å². The second-order valence-electron chi connectivity index (χ2n) is 8.95. The molecule has 2 heteroatoms. The second kappa shape index (κ2) is 8.12. The topological polar surface area (TPSA) is 0 Å². The van der Waals surface area contributed by atoms with Crippen molar-refractivity contribution in [3.63, 3.8) is 0 Å². The van der Waals surface area contributed by atoms with Crippen molar-refractivity contribution in [2.24, 2.45) is 5.92 Å². The number of benzene rings is 2. The summed E-state index contributed by atoms with van der Waals surface area (Å²) in [5, 5.41) is 0. The number of hydrogen-bond donors (Lipinski definition) is 0. The Labute approximate surface area is 184 Å². The van der Waals surface area contributed by atoms with Gasteiger partial charge in [0, 0.05) is 0 Å². The Bertz CT molecular complexity index is 1110. The third-order valence-electron chi connectivity index (χ3n) is 7.11. The van der Waals surface area contributed by atoms with Crippen LogP contribution in [-0.2, 0) is 20.4 Å². The van der Waals surface area contributed by atoms with E-state index in [0.29, 0.717) is 9.54 Å². The van der Waals surface area contributed by atoms with Crippen LogP contribution in [0.5, 0.6) is 0 Å². The molecule has 2 unspecified atom stereocenters. The Morgan fingerprint density at radius 3 is 2.10 bits per heavy atom. The molecule has 2 aromatic carbocycles. The molecule has 0 heterocycles. The predicted octanol–water partition coefficient (Wildman–Crippen LogP) is 7.61. The van der Waals surface area contributed by atoms with Crippen LogP contribution in [0.15, 0.2) is 74.6 Å². The van der Waals surface area contributed by atoms with Crippen molar-refractivity contribution in [2.75, 3.05) is 0 Å². The van der Waals surface area contributed by atoms with Gasteiger partial charge < -0.3 is 0 Å². The number of fused-ring (bicyclic) bond motifs is 1. The average molecular weight is 476 g/mol. The van der Waals surface area contributed by atoms with Crippen LogP contribution < -0.4 is 0 Å². The van der Waals surface area contributed by atoms with Gasteiger partial charge >= 0.3 is 185 Å². The summed E-state index contributed by atoms with van der Waals surface area (Å²) in [6, 6.07) is 18.1. The van der Waals surface area contributed by atoms with Crippen LogP contribution in [0.25, 0.3) is 5.57 Å². The molecule has 0 spiro atoms. The maximum absolute atomic E-state index is 2.69. The van der Waals surface area contributed by atoms with Crippen LogP contribution in [-0.4, -0.2) is 5.43 Å². The molecule has 148 valence electrons. The maximum atomic E-state index is 2.69. The van der Waals surface area contributed by atoms with Crippen molar-refractivity contribution >= 4 is 11.0 Å². The van der Waals surface area contributed by atoms with Gasteiger partial charge in [-0.1, -0.05) is 0 Å². The van der Waals surface area contributed by atoms with E-state index in [1.54, 1.807) is 22.3 Å². The fourth-order valence-corrected chi connectivity index (χ4v) is 25.0.